The van der Waals surface area contributed by atoms with Gasteiger partial charge in [-0.05, 0) is 12.1 Å². The maximum absolute atomic E-state index is 11.4. The summed E-state index contributed by atoms with van der Waals surface area (Å²) >= 11 is 0. The fourth-order valence-corrected chi connectivity index (χ4v) is 0.923. The molecule has 0 atom stereocenters. The maximum atomic E-state index is 11.4. The van der Waals surface area contributed by atoms with Crippen LogP contribution in [0.1, 0.15) is 16.8 Å². The Bertz CT molecular complexity index is 329. The Kier molecular flexibility index (Phi) is 4.18. The summed E-state index contributed by atoms with van der Waals surface area (Å²) < 4.78 is 0. The van der Waals surface area contributed by atoms with Gasteiger partial charge in [0.05, 0.1) is 6.07 Å². The number of hydrogen-bond acceptors (Lipinski definition) is 3. The third-order valence-corrected chi connectivity index (χ3v) is 1.60. The number of carbonyl (C=O) groups excluding carboxylic acids is 1. The van der Waals surface area contributed by atoms with Crippen molar-refractivity contribution in [1.82, 2.24) is 10.9 Å². The molecule has 4 heteroatoms. The van der Waals surface area contributed by atoms with Crippen molar-refractivity contribution >= 4 is 5.91 Å². The zero-order valence-electron chi connectivity index (χ0n) is 7.66. The normalized spacial score (nSPS) is 9.07. The maximum Gasteiger partial charge on any atom is 0.265 e. The van der Waals surface area contributed by atoms with Gasteiger partial charge in [0.15, 0.2) is 0 Å². The van der Waals surface area contributed by atoms with Crippen molar-refractivity contribution in [1.29, 1.82) is 5.26 Å². The number of amides is 1. The zero-order valence-corrected chi connectivity index (χ0v) is 7.66. The van der Waals surface area contributed by atoms with Crippen LogP contribution in [0.5, 0.6) is 0 Å². The molecule has 0 bridgehead atoms. The van der Waals surface area contributed by atoms with Gasteiger partial charge in [0.1, 0.15) is 0 Å². The van der Waals surface area contributed by atoms with E-state index in [-0.39, 0.29) is 5.91 Å². The van der Waals surface area contributed by atoms with Crippen LogP contribution < -0.4 is 10.9 Å². The summed E-state index contributed by atoms with van der Waals surface area (Å²) in [5.74, 6) is -0.191. The summed E-state index contributed by atoms with van der Waals surface area (Å²) in [7, 11) is 0. The molecule has 0 fully saturated rings. The lowest BCUT2D eigenvalue weighted by molar-refractivity contribution is 0.0934. The molecule has 0 aliphatic rings. The molecule has 1 rings (SSSR count). The molecule has 2 N–H and O–H groups in total. The van der Waals surface area contributed by atoms with Crippen molar-refractivity contribution < 1.29 is 4.79 Å². The van der Waals surface area contributed by atoms with Crippen molar-refractivity contribution in [2.24, 2.45) is 0 Å². The lowest BCUT2D eigenvalue weighted by Crippen LogP contribution is -2.37. The molecule has 0 saturated heterocycles. The molecule has 0 aliphatic carbocycles. The number of hydrogen-bond donors (Lipinski definition) is 2. The van der Waals surface area contributed by atoms with E-state index in [9.17, 15) is 4.79 Å². The average molecular weight is 189 g/mol. The van der Waals surface area contributed by atoms with Gasteiger partial charge in [0, 0.05) is 18.5 Å². The Balaban J connectivity index is 2.33. The number of nitrogens with zero attached hydrogens (tertiary/aromatic N) is 1. The van der Waals surface area contributed by atoms with E-state index in [1.54, 1.807) is 24.3 Å². The SMILES string of the molecule is N#CCCNNC(=O)c1ccccc1. The Hall–Kier alpha value is -1.86. The fraction of sp³-hybridized carbons (Fsp3) is 0.200. The van der Waals surface area contributed by atoms with Crippen LogP contribution in [0.2, 0.25) is 0 Å². The second-order valence-corrected chi connectivity index (χ2v) is 2.66. The smallest absolute Gasteiger partial charge is 0.265 e. The molecule has 1 amide bonds. The fourth-order valence-electron chi connectivity index (χ4n) is 0.923. The first kappa shape index (κ1) is 10.2. The van der Waals surface area contributed by atoms with Crippen LogP contribution in [-0.4, -0.2) is 12.5 Å². The van der Waals surface area contributed by atoms with Gasteiger partial charge in [-0.2, -0.15) is 5.26 Å². The number of nitrogens with one attached hydrogen (secondary N) is 2. The first-order chi connectivity index (χ1) is 6.84. The van der Waals surface area contributed by atoms with Crippen molar-refractivity contribution in [3.8, 4) is 6.07 Å². The molecule has 0 radical (unpaired) electrons. The Morgan fingerprint density at radius 1 is 1.36 bits per heavy atom. The molecular weight excluding hydrogens is 178 g/mol. The van der Waals surface area contributed by atoms with Gasteiger partial charge in [-0.3, -0.25) is 10.2 Å². The predicted molar refractivity (Wildman–Crippen MR) is 52.1 cm³/mol. The number of carbonyl (C=O) groups is 1. The number of benzene rings is 1. The summed E-state index contributed by atoms with van der Waals surface area (Å²) in [6.45, 7) is 0.453. The highest BCUT2D eigenvalue weighted by Crippen LogP contribution is 1.96. The van der Waals surface area contributed by atoms with E-state index in [2.05, 4.69) is 10.9 Å². The lowest BCUT2D eigenvalue weighted by Gasteiger charge is -2.04. The number of hydrazine groups is 1. The van der Waals surface area contributed by atoms with Crippen LogP contribution in [0.4, 0.5) is 0 Å². The van der Waals surface area contributed by atoms with E-state index in [1.807, 2.05) is 12.1 Å². The third-order valence-electron chi connectivity index (χ3n) is 1.60. The highest BCUT2D eigenvalue weighted by molar-refractivity contribution is 5.93. The Morgan fingerprint density at radius 3 is 2.71 bits per heavy atom. The molecule has 0 spiro atoms. The minimum atomic E-state index is -0.191. The molecule has 0 aromatic heterocycles. The summed E-state index contributed by atoms with van der Waals surface area (Å²) in [5, 5.41) is 8.25. The molecule has 4 nitrogen and oxygen atoms in total. The summed E-state index contributed by atoms with van der Waals surface area (Å²) in [5.41, 5.74) is 5.75. The van der Waals surface area contributed by atoms with Crippen molar-refractivity contribution in [3.63, 3.8) is 0 Å². The monoisotopic (exact) mass is 189 g/mol. The number of rotatable bonds is 4. The van der Waals surface area contributed by atoms with E-state index in [0.717, 1.165) is 0 Å². The van der Waals surface area contributed by atoms with E-state index in [1.165, 1.54) is 0 Å². The highest BCUT2D eigenvalue weighted by atomic mass is 16.2. The number of nitriles is 1. The topological polar surface area (TPSA) is 64.9 Å². The standard InChI is InChI=1S/C10H11N3O/c11-7-4-8-12-13-10(14)9-5-2-1-3-6-9/h1-3,5-6,12H,4,8H2,(H,13,14). The van der Waals surface area contributed by atoms with Gasteiger partial charge in [0.2, 0.25) is 0 Å². The van der Waals surface area contributed by atoms with Gasteiger partial charge in [-0.15, -0.1) is 0 Å². The molecule has 0 aliphatic heterocycles. The molecule has 72 valence electrons. The van der Waals surface area contributed by atoms with Crippen molar-refractivity contribution in [2.45, 2.75) is 6.42 Å². The molecule has 0 heterocycles. The van der Waals surface area contributed by atoms with Gasteiger partial charge >= 0.3 is 0 Å². The van der Waals surface area contributed by atoms with Crippen LogP contribution in [0.3, 0.4) is 0 Å². The van der Waals surface area contributed by atoms with Crippen LogP contribution >= 0.6 is 0 Å². The van der Waals surface area contributed by atoms with Gasteiger partial charge in [-0.25, -0.2) is 5.43 Å². The Labute approximate surface area is 82.5 Å². The van der Waals surface area contributed by atoms with E-state index >= 15 is 0 Å². The Morgan fingerprint density at radius 2 is 2.07 bits per heavy atom. The largest absolute Gasteiger partial charge is 0.287 e. The predicted octanol–water partition coefficient (Wildman–Crippen LogP) is 0.835. The molecule has 0 unspecified atom stereocenters. The zero-order chi connectivity index (χ0) is 10.2. The van der Waals surface area contributed by atoms with E-state index in [0.29, 0.717) is 18.5 Å². The second kappa shape index (κ2) is 5.73. The molecule has 1 aromatic carbocycles. The molecule has 0 saturated carbocycles. The highest BCUT2D eigenvalue weighted by Gasteiger charge is 2.01. The first-order valence-corrected chi connectivity index (χ1v) is 4.30. The third kappa shape index (κ3) is 3.25. The molecule has 1 aromatic rings. The van der Waals surface area contributed by atoms with Crippen molar-refractivity contribution in [3.05, 3.63) is 35.9 Å². The first-order valence-electron chi connectivity index (χ1n) is 4.30. The average Bonchev–Trinajstić information content (AvgIpc) is 2.25. The van der Waals surface area contributed by atoms with Gasteiger partial charge < -0.3 is 0 Å². The van der Waals surface area contributed by atoms with Gasteiger partial charge in [0.25, 0.3) is 5.91 Å². The summed E-state index contributed by atoms with van der Waals surface area (Å²) in [4.78, 5) is 11.4. The van der Waals surface area contributed by atoms with E-state index in [4.69, 9.17) is 5.26 Å². The van der Waals surface area contributed by atoms with E-state index < -0.39 is 0 Å². The lowest BCUT2D eigenvalue weighted by atomic mass is 10.2. The summed E-state index contributed by atoms with van der Waals surface area (Å²) in [6, 6.07) is 10.9. The van der Waals surface area contributed by atoms with Crippen LogP contribution in [0.25, 0.3) is 0 Å². The minimum absolute atomic E-state index is 0.191. The summed E-state index contributed by atoms with van der Waals surface area (Å²) in [6.07, 6.45) is 0.370. The van der Waals surface area contributed by atoms with Gasteiger partial charge in [-0.1, -0.05) is 18.2 Å². The second-order valence-electron chi connectivity index (χ2n) is 2.66. The molecule has 14 heavy (non-hydrogen) atoms. The van der Waals surface area contributed by atoms with Crippen molar-refractivity contribution in [2.75, 3.05) is 6.54 Å². The molecular formula is C10H11N3O. The van der Waals surface area contributed by atoms with Crippen LogP contribution in [0.15, 0.2) is 30.3 Å². The quantitative estimate of drug-likeness (QED) is 0.544. The van der Waals surface area contributed by atoms with Crippen LogP contribution in [0, 0.1) is 11.3 Å². The minimum Gasteiger partial charge on any atom is -0.287 e. The van der Waals surface area contributed by atoms with Crippen LogP contribution in [-0.2, 0) is 0 Å².